The van der Waals surface area contributed by atoms with E-state index in [1.807, 2.05) is 0 Å². The number of hydrogen-bond acceptors (Lipinski definition) is 4. The molecule has 0 aromatic rings. The molecule has 0 aromatic carbocycles. The molecule has 2 atom stereocenters. The minimum Gasteiger partial charge on any atom is -0.382 e. The van der Waals surface area contributed by atoms with Crippen LogP contribution in [0.3, 0.4) is 0 Å². The fourth-order valence-electron chi connectivity index (χ4n) is 2.24. The number of hydrogen-bond donors (Lipinski definition) is 1. The van der Waals surface area contributed by atoms with Gasteiger partial charge in [-0.25, -0.2) is 0 Å². The second kappa shape index (κ2) is 7.42. The number of carbonyl (C=O) groups excluding carboxylic acids is 1. The molecule has 0 spiro atoms. The Labute approximate surface area is 122 Å². The molecule has 8 heteroatoms. The summed E-state index contributed by atoms with van der Waals surface area (Å²) in [6, 6.07) is -0.590. The number of amides is 1. The summed E-state index contributed by atoms with van der Waals surface area (Å²) in [7, 11) is 0. The van der Waals surface area contributed by atoms with Crippen molar-refractivity contribution in [2.24, 2.45) is 11.1 Å². The molecule has 5 nitrogen and oxygen atoms in total. The Morgan fingerprint density at radius 1 is 1.52 bits per heavy atom. The molecule has 1 fully saturated rings. The largest absolute Gasteiger partial charge is 0.406 e. The van der Waals surface area contributed by atoms with Crippen molar-refractivity contribution >= 4 is 5.91 Å². The zero-order chi connectivity index (χ0) is 16.1. The van der Waals surface area contributed by atoms with E-state index in [-0.39, 0.29) is 19.8 Å². The van der Waals surface area contributed by atoms with Crippen LogP contribution in [0.2, 0.25) is 0 Å². The lowest BCUT2D eigenvalue weighted by atomic mass is 9.84. The van der Waals surface area contributed by atoms with E-state index in [4.69, 9.17) is 15.2 Å². The molecule has 1 saturated heterocycles. The molecular formula is C13H23F3N2O3. The van der Waals surface area contributed by atoms with Crippen LogP contribution in [0.1, 0.15) is 20.3 Å². The van der Waals surface area contributed by atoms with Crippen molar-refractivity contribution in [1.82, 2.24) is 4.90 Å². The molecule has 1 rings (SSSR count). The molecule has 0 aliphatic carbocycles. The summed E-state index contributed by atoms with van der Waals surface area (Å²) in [5, 5.41) is 0. The molecule has 21 heavy (non-hydrogen) atoms. The highest BCUT2D eigenvalue weighted by Crippen LogP contribution is 2.31. The van der Waals surface area contributed by atoms with Gasteiger partial charge in [0, 0.05) is 25.8 Å². The van der Waals surface area contributed by atoms with E-state index in [9.17, 15) is 18.0 Å². The van der Waals surface area contributed by atoms with Gasteiger partial charge in [0.05, 0.1) is 18.6 Å². The lowest BCUT2D eigenvalue weighted by Gasteiger charge is -2.33. The molecule has 2 unspecified atom stereocenters. The van der Waals surface area contributed by atoms with Gasteiger partial charge < -0.3 is 20.1 Å². The van der Waals surface area contributed by atoms with Crippen LogP contribution >= 0.6 is 0 Å². The maximum Gasteiger partial charge on any atom is 0.406 e. The molecule has 2 N–H and O–H groups in total. The zero-order valence-corrected chi connectivity index (χ0v) is 12.4. The predicted molar refractivity (Wildman–Crippen MR) is 70.6 cm³/mol. The number of nitrogens with zero attached hydrogens (tertiary/aromatic N) is 1. The quantitative estimate of drug-likeness (QED) is 0.717. The molecule has 0 bridgehead atoms. The van der Waals surface area contributed by atoms with Crippen LogP contribution in [0.15, 0.2) is 0 Å². The summed E-state index contributed by atoms with van der Waals surface area (Å²) in [6.45, 7) is 3.10. The Kier molecular flexibility index (Phi) is 6.42. The minimum atomic E-state index is -4.44. The maximum atomic E-state index is 12.7. The van der Waals surface area contributed by atoms with Crippen LogP contribution in [0.4, 0.5) is 13.2 Å². The van der Waals surface area contributed by atoms with Gasteiger partial charge in [-0.05, 0) is 20.3 Å². The van der Waals surface area contributed by atoms with E-state index < -0.39 is 30.1 Å². The third-order valence-electron chi connectivity index (χ3n) is 3.58. The summed E-state index contributed by atoms with van der Waals surface area (Å²) in [4.78, 5) is 13.3. The van der Waals surface area contributed by atoms with Crippen LogP contribution in [0.25, 0.3) is 0 Å². The van der Waals surface area contributed by atoms with Crippen LogP contribution in [0.5, 0.6) is 0 Å². The smallest absolute Gasteiger partial charge is 0.382 e. The number of halogens is 3. The second-order valence-electron chi connectivity index (χ2n) is 5.43. The highest BCUT2D eigenvalue weighted by molar-refractivity contribution is 5.83. The van der Waals surface area contributed by atoms with E-state index in [0.717, 1.165) is 4.90 Å². The first-order chi connectivity index (χ1) is 9.70. The molecule has 0 radical (unpaired) electrons. The van der Waals surface area contributed by atoms with Crippen LogP contribution in [0, 0.1) is 5.41 Å². The van der Waals surface area contributed by atoms with Crippen LogP contribution < -0.4 is 5.73 Å². The lowest BCUT2D eigenvalue weighted by Crippen LogP contribution is -2.53. The summed E-state index contributed by atoms with van der Waals surface area (Å²) < 4.78 is 48.2. The van der Waals surface area contributed by atoms with Crippen molar-refractivity contribution in [2.45, 2.75) is 32.5 Å². The fraction of sp³-hybridized carbons (Fsp3) is 0.923. The van der Waals surface area contributed by atoms with Gasteiger partial charge in [0.1, 0.15) is 6.54 Å². The van der Waals surface area contributed by atoms with Gasteiger partial charge in [0.25, 0.3) is 0 Å². The first kappa shape index (κ1) is 18.2. The monoisotopic (exact) mass is 312 g/mol. The molecular weight excluding hydrogens is 289 g/mol. The highest BCUT2D eigenvalue weighted by Gasteiger charge is 2.48. The molecule has 124 valence electrons. The zero-order valence-electron chi connectivity index (χ0n) is 12.4. The van der Waals surface area contributed by atoms with E-state index in [2.05, 4.69) is 0 Å². The average molecular weight is 312 g/mol. The first-order valence-electron chi connectivity index (χ1n) is 6.98. The van der Waals surface area contributed by atoms with Crippen molar-refractivity contribution < 1.29 is 27.4 Å². The van der Waals surface area contributed by atoms with Crippen molar-refractivity contribution in [1.29, 1.82) is 0 Å². The number of carbonyl (C=O) groups is 1. The first-order valence-corrected chi connectivity index (χ1v) is 6.98. The Morgan fingerprint density at radius 3 is 2.67 bits per heavy atom. The number of nitrogens with two attached hydrogens (primary N) is 1. The van der Waals surface area contributed by atoms with Gasteiger partial charge in [-0.15, -0.1) is 0 Å². The van der Waals surface area contributed by atoms with E-state index in [1.54, 1.807) is 13.8 Å². The summed E-state index contributed by atoms with van der Waals surface area (Å²) >= 11 is 0. The normalized spacial score (nSPS) is 26.1. The predicted octanol–water partition coefficient (Wildman–Crippen LogP) is 1.17. The van der Waals surface area contributed by atoms with Gasteiger partial charge in [-0.3, -0.25) is 4.79 Å². The van der Waals surface area contributed by atoms with E-state index in [0.29, 0.717) is 19.6 Å². The number of alkyl halides is 3. The molecule has 0 saturated carbocycles. The average Bonchev–Trinajstić information content (AvgIpc) is 2.72. The van der Waals surface area contributed by atoms with Gasteiger partial charge >= 0.3 is 6.18 Å². The van der Waals surface area contributed by atoms with Crippen molar-refractivity contribution in [3.63, 3.8) is 0 Å². The lowest BCUT2D eigenvalue weighted by molar-refractivity contribution is -0.168. The Bertz CT molecular complexity index is 352. The SMILES string of the molecule is CCOCCCN(CC(F)(F)F)C(=O)C1(C)COCC1N. The maximum absolute atomic E-state index is 12.7. The van der Waals surface area contributed by atoms with Gasteiger partial charge in [-0.2, -0.15) is 13.2 Å². The molecule has 0 aromatic heterocycles. The second-order valence-corrected chi connectivity index (χ2v) is 5.43. The molecule has 1 aliphatic heterocycles. The summed E-state index contributed by atoms with van der Waals surface area (Å²) in [5.41, 5.74) is 4.71. The Hall–Kier alpha value is -0.860. The Morgan fingerprint density at radius 2 is 2.19 bits per heavy atom. The summed E-state index contributed by atoms with van der Waals surface area (Å²) in [5.74, 6) is -0.610. The van der Waals surface area contributed by atoms with Crippen molar-refractivity contribution in [3.8, 4) is 0 Å². The third-order valence-corrected chi connectivity index (χ3v) is 3.58. The highest BCUT2D eigenvalue weighted by atomic mass is 19.4. The van der Waals surface area contributed by atoms with E-state index in [1.165, 1.54) is 0 Å². The van der Waals surface area contributed by atoms with E-state index >= 15 is 0 Å². The third kappa shape index (κ3) is 5.12. The van der Waals surface area contributed by atoms with Gasteiger partial charge in [0.15, 0.2) is 0 Å². The van der Waals surface area contributed by atoms with Crippen LogP contribution in [-0.2, 0) is 14.3 Å². The van der Waals surface area contributed by atoms with Crippen molar-refractivity contribution in [2.75, 3.05) is 39.5 Å². The number of ether oxygens (including phenoxy) is 2. The molecule has 1 aliphatic rings. The fourth-order valence-corrected chi connectivity index (χ4v) is 2.24. The standard InChI is InChI=1S/C13H23F3N2O3/c1-3-20-6-4-5-18(8-13(14,15)16)11(19)12(2)9-21-7-10(12)17/h10H,3-9,17H2,1-2H3. The van der Waals surface area contributed by atoms with Crippen molar-refractivity contribution in [3.05, 3.63) is 0 Å². The summed E-state index contributed by atoms with van der Waals surface area (Å²) in [6.07, 6.45) is -4.09. The minimum absolute atomic E-state index is 0.0132. The van der Waals surface area contributed by atoms with Gasteiger partial charge in [0.2, 0.25) is 5.91 Å². The number of rotatable bonds is 7. The molecule has 1 amide bonds. The molecule has 1 heterocycles. The Balaban J connectivity index is 2.72. The van der Waals surface area contributed by atoms with Crippen LogP contribution in [-0.4, -0.2) is 62.5 Å². The topological polar surface area (TPSA) is 64.8 Å². The van der Waals surface area contributed by atoms with Gasteiger partial charge in [-0.1, -0.05) is 0 Å².